The molecule has 1 N–H and O–H groups in total. The van der Waals surface area contributed by atoms with E-state index in [0.717, 1.165) is 47.9 Å². The summed E-state index contributed by atoms with van der Waals surface area (Å²) in [7, 11) is 0. The standard InChI is InChI=1S/C27H27N3O4/c1-2-3-7-19-8-6-9-22(16-19)25(31)30-27(34)29(18-28-30)17-20-12-14-21(15-13-20)23-10-4-5-11-24(23)26(32)33/h4-5,10-15,18-19,22H,6-9,16-17H2,1H3,(H,32,33). The normalized spacial score (nSPS) is 17.6. The van der Waals surface area contributed by atoms with E-state index in [0.29, 0.717) is 11.5 Å². The van der Waals surface area contributed by atoms with E-state index in [4.69, 9.17) is 0 Å². The smallest absolute Gasteiger partial charge is 0.353 e. The van der Waals surface area contributed by atoms with Crippen molar-refractivity contribution >= 4 is 11.9 Å². The first-order valence-electron chi connectivity index (χ1n) is 11.5. The topological polar surface area (TPSA) is 94.2 Å². The summed E-state index contributed by atoms with van der Waals surface area (Å²) < 4.78 is 2.41. The Hall–Kier alpha value is -3.92. The molecule has 34 heavy (non-hydrogen) atoms. The number of nitrogens with zero attached hydrogens (tertiary/aromatic N) is 3. The minimum absolute atomic E-state index is 0.202. The van der Waals surface area contributed by atoms with Crippen molar-refractivity contribution in [2.45, 2.75) is 45.6 Å². The molecule has 1 aromatic heterocycles. The summed E-state index contributed by atoms with van der Waals surface area (Å²) >= 11 is 0. The summed E-state index contributed by atoms with van der Waals surface area (Å²) in [6.45, 7) is 2.09. The van der Waals surface area contributed by atoms with Gasteiger partial charge in [-0.1, -0.05) is 48.9 Å². The third-order valence-electron chi connectivity index (χ3n) is 6.42. The number of aromatic nitrogens is 3. The van der Waals surface area contributed by atoms with Gasteiger partial charge in [0, 0.05) is 12.3 Å². The molecule has 7 nitrogen and oxygen atoms in total. The van der Waals surface area contributed by atoms with E-state index in [2.05, 4.69) is 16.9 Å². The van der Waals surface area contributed by atoms with Crippen LogP contribution in [-0.4, -0.2) is 31.3 Å². The predicted molar refractivity (Wildman–Crippen MR) is 129 cm³/mol. The first-order chi connectivity index (χ1) is 16.5. The van der Waals surface area contributed by atoms with Crippen LogP contribution in [0.3, 0.4) is 0 Å². The highest BCUT2D eigenvalue weighted by atomic mass is 16.4. The van der Waals surface area contributed by atoms with Gasteiger partial charge in [0.05, 0.1) is 12.1 Å². The third kappa shape index (κ3) is 5.01. The van der Waals surface area contributed by atoms with Crippen LogP contribution in [0.1, 0.15) is 59.7 Å². The zero-order valence-corrected chi connectivity index (χ0v) is 19.1. The lowest BCUT2D eigenvalue weighted by atomic mass is 9.79. The van der Waals surface area contributed by atoms with E-state index in [1.165, 1.54) is 10.9 Å². The highest BCUT2D eigenvalue weighted by Gasteiger charge is 2.29. The number of carbonyl (C=O) groups excluding carboxylic acids is 1. The van der Waals surface area contributed by atoms with Crippen molar-refractivity contribution in [1.29, 1.82) is 0 Å². The quantitative estimate of drug-likeness (QED) is 0.557. The summed E-state index contributed by atoms with van der Waals surface area (Å²) in [6.07, 6.45) is 5.72. The Balaban J connectivity index is 1.47. The third-order valence-corrected chi connectivity index (χ3v) is 6.42. The lowest BCUT2D eigenvalue weighted by Gasteiger charge is -2.26. The molecule has 0 bridgehead atoms. The average Bonchev–Trinajstić information content (AvgIpc) is 3.22. The maximum atomic E-state index is 13.0. The summed E-state index contributed by atoms with van der Waals surface area (Å²) in [4.78, 5) is 37.4. The van der Waals surface area contributed by atoms with E-state index in [9.17, 15) is 19.5 Å². The van der Waals surface area contributed by atoms with Gasteiger partial charge in [-0.25, -0.2) is 9.59 Å². The monoisotopic (exact) mass is 457 g/mol. The van der Waals surface area contributed by atoms with Gasteiger partial charge in [0.15, 0.2) is 0 Å². The van der Waals surface area contributed by atoms with Gasteiger partial charge < -0.3 is 5.11 Å². The Morgan fingerprint density at radius 1 is 1.12 bits per heavy atom. The molecule has 1 aliphatic carbocycles. The fourth-order valence-electron chi connectivity index (χ4n) is 4.62. The molecule has 0 saturated heterocycles. The second-order valence-electron chi connectivity index (χ2n) is 8.70. The first-order valence-corrected chi connectivity index (χ1v) is 11.5. The average molecular weight is 458 g/mol. The Morgan fingerprint density at radius 3 is 2.62 bits per heavy atom. The summed E-state index contributed by atoms with van der Waals surface area (Å²) in [5.41, 5.74) is 2.05. The molecular formula is C27H27N3O4. The number of carboxylic acids is 1. The van der Waals surface area contributed by atoms with Crippen LogP contribution >= 0.6 is 0 Å². The van der Waals surface area contributed by atoms with Crippen molar-refractivity contribution < 1.29 is 14.7 Å². The van der Waals surface area contributed by atoms with Gasteiger partial charge in [-0.2, -0.15) is 5.10 Å². The van der Waals surface area contributed by atoms with Crippen LogP contribution in [0.15, 0.2) is 59.7 Å². The largest absolute Gasteiger partial charge is 0.478 e. The zero-order chi connectivity index (χ0) is 24.1. The maximum Gasteiger partial charge on any atom is 0.353 e. The van der Waals surface area contributed by atoms with Crippen molar-refractivity contribution in [2.75, 3.05) is 0 Å². The van der Waals surface area contributed by atoms with Crippen LogP contribution in [0, 0.1) is 23.7 Å². The molecule has 0 aliphatic heterocycles. The van der Waals surface area contributed by atoms with E-state index in [1.807, 2.05) is 31.2 Å². The summed E-state index contributed by atoms with van der Waals surface area (Å²) in [6, 6.07) is 14.2. The number of hydrogen-bond donors (Lipinski definition) is 1. The molecule has 2 atom stereocenters. The molecule has 1 fully saturated rings. The molecule has 3 aromatic rings. The molecule has 1 saturated carbocycles. The molecule has 2 aromatic carbocycles. The number of hydrogen-bond acceptors (Lipinski definition) is 4. The fraction of sp³-hybridized carbons (Fsp3) is 0.333. The predicted octanol–water partition coefficient (Wildman–Crippen LogP) is 4.32. The van der Waals surface area contributed by atoms with E-state index in [-0.39, 0.29) is 23.9 Å². The zero-order valence-electron chi connectivity index (χ0n) is 19.1. The van der Waals surface area contributed by atoms with Gasteiger partial charge >= 0.3 is 11.7 Å². The number of carboxylic acid groups (broad SMARTS) is 1. The van der Waals surface area contributed by atoms with Gasteiger partial charge in [-0.05, 0) is 54.9 Å². The van der Waals surface area contributed by atoms with Crippen LogP contribution in [-0.2, 0) is 6.54 Å². The molecule has 1 aliphatic rings. The lowest BCUT2D eigenvalue weighted by Crippen LogP contribution is -2.36. The number of aromatic carboxylic acids is 1. The van der Waals surface area contributed by atoms with Crippen LogP contribution in [0.4, 0.5) is 0 Å². The number of benzene rings is 2. The van der Waals surface area contributed by atoms with Crippen molar-refractivity contribution in [1.82, 2.24) is 14.3 Å². The molecule has 2 unspecified atom stereocenters. The van der Waals surface area contributed by atoms with E-state index < -0.39 is 11.7 Å². The van der Waals surface area contributed by atoms with Crippen molar-refractivity contribution in [3.05, 3.63) is 76.5 Å². The minimum Gasteiger partial charge on any atom is -0.478 e. The highest BCUT2D eigenvalue weighted by Crippen LogP contribution is 2.31. The van der Waals surface area contributed by atoms with Crippen LogP contribution in [0.2, 0.25) is 0 Å². The Morgan fingerprint density at radius 2 is 1.88 bits per heavy atom. The maximum absolute atomic E-state index is 13.0. The second-order valence-corrected chi connectivity index (χ2v) is 8.70. The molecule has 4 rings (SSSR count). The van der Waals surface area contributed by atoms with Crippen LogP contribution in [0.5, 0.6) is 0 Å². The first kappa shape index (κ1) is 23.2. The number of rotatable bonds is 6. The molecule has 7 heteroatoms. The minimum atomic E-state index is -0.981. The van der Waals surface area contributed by atoms with Crippen molar-refractivity contribution in [3.63, 3.8) is 0 Å². The summed E-state index contributed by atoms with van der Waals surface area (Å²) in [5, 5.41) is 13.5. The van der Waals surface area contributed by atoms with Crippen LogP contribution < -0.4 is 5.69 Å². The van der Waals surface area contributed by atoms with Crippen LogP contribution in [0.25, 0.3) is 11.1 Å². The lowest BCUT2D eigenvalue weighted by molar-refractivity contribution is 0.0696. The van der Waals surface area contributed by atoms with Gasteiger partial charge in [0.25, 0.3) is 5.91 Å². The van der Waals surface area contributed by atoms with Gasteiger partial charge in [-0.15, -0.1) is 16.5 Å². The van der Waals surface area contributed by atoms with Gasteiger partial charge in [0.1, 0.15) is 6.33 Å². The van der Waals surface area contributed by atoms with Crippen molar-refractivity contribution in [2.24, 2.45) is 11.8 Å². The van der Waals surface area contributed by atoms with Crippen molar-refractivity contribution in [3.8, 4) is 23.0 Å². The van der Waals surface area contributed by atoms with Gasteiger partial charge in [-0.3, -0.25) is 9.36 Å². The van der Waals surface area contributed by atoms with E-state index in [1.54, 1.807) is 24.3 Å². The molecule has 0 amide bonds. The SMILES string of the molecule is CC#CCC1CCCC(C(=O)n2ncn(Cc3ccc(-c4ccccc4C(=O)O)cc3)c2=O)C1. The molecule has 0 radical (unpaired) electrons. The Labute approximate surface area is 198 Å². The molecule has 0 spiro atoms. The number of carbonyl (C=O) groups is 2. The Kier molecular flexibility index (Phi) is 7.07. The summed E-state index contributed by atoms with van der Waals surface area (Å²) in [5.74, 6) is 4.99. The van der Waals surface area contributed by atoms with Gasteiger partial charge in [0.2, 0.25) is 0 Å². The molecule has 1 heterocycles. The van der Waals surface area contributed by atoms with E-state index >= 15 is 0 Å². The molecule has 174 valence electrons. The molecular weight excluding hydrogens is 430 g/mol. The fourth-order valence-corrected chi connectivity index (χ4v) is 4.62. The highest BCUT2D eigenvalue weighted by molar-refractivity contribution is 5.96. The second kappa shape index (κ2) is 10.3. The Bertz CT molecular complexity index is 1310.